The Labute approximate surface area is 137 Å². The molecule has 3 aromatic carbocycles. The second-order valence-electron chi connectivity index (χ2n) is 4.72. The third-order valence-electron chi connectivity index (χ3n) is 3.41. The van der Waals surface area contributed by atoms with Crippen LogP contribution < -0.4 is 0 Å². The van der Waals surface area contributed by atoms with Gasteiger partial charge in [-0.1, -0.05) is 59.6 Å². The fraction of sp³-hybridized carbons (Fsp3) is 0.0588. The van der Waals surface area contributed by atoms with Gasteiger partial charge in [-0.25, -0.2) is 4.39 Å². The molecule has 1 unspecified atom stereocenters. The second kappa shape index (κ2) is 5.84. The minimum absolute atomic E-state index is 0.0661. The topological polar surface area (TPSA) is 0 Å². The molecule has 0 aromatic heterocycles. The van der Waals surface area contributed by atoms with Crippen LogP contribution in [0.5, 0.6) is 0 Å². The number of hydrogen-bond acceptors (Lipinski definition) is 0. The molecule has 4 heteroatoms. The summed E-state index contributed by atoms with van der Waals surface area (Å²) in [4.78, 5) is 0. The van der Waals surface area contributed by atoms with Gasteiger partial charge in [0.25, 0.3) is 0 Å². The van der Waals surface area contributed by atoms with Gasteiger partial charge >= 0.3 is 0 Å². The smallest absolute Gasteiger partial charge is 0.141 e. The quantitative estimate of drug-likeness (QED) is 0.461. The van der Waals surface area contributed by atoms with Crippen molar-refractivity contribution < 1.29 is 4.39 Å². The minimum atomic E-state index is -0.453. The van der Waals surface area contributed by atoms with E-state index in [4.69, 9.17) is 34.8 Å². The monoisotopic (exact) mass is 338 g/mol. The first-order valence-electron chi connectivity index (χ1n) is 6.34. The van der Waals surface area contributed by atoms with Crippen LogP contribution in [-0.4, -0.2) is 0 Å². The predicted molar refractivity (Wildman–Crippen MR) is 88.1 cm³/mol. The molecule has 1 atom stereocenters. The Kier molecular flexibility index (Phi) is 4.08. The summed E-state index contributed by atoms with van der Waals surface area (Å²) in [6, 6.07) is 16.0. The molecule has 0 spiro atoms. The molecule has 0 saturated heterocycles. The summed E-state index contributed by atoms with van der Waals surface area (Å²) < 4.78 is 13.3. The van der Waals surface area contributed by atoms with Gasteiger partial charge in [-0.15, -0.1) is 11.6 Å². The standard InChI is InChI=1S/C17H10Cl3F/c18-14-7-6-13(11-3-1-2-4-12(11)14)17(20)10-5-8-16(21)15(19)9-10/h1-9,17H. The summed E-state index contributed by atoms with van der Waals surface area (Å²) in [5.74, 6) is -0.453. The van der Waals surface area contributed by atoms with Crippen molar-refractivity contribution in [2.45, 2.75) is 5.38 Å². The molecule has 0 N–H and O–H groups in total. The highest BCUT2D eigenvalue weighted by molar-refractivity contribution is 6.36. The Morgan fingerprint density at radius 2 is 1.52 bits per heavy atom. The van der Waals surface area contributed by atoms with E-state index in [1.165, 1.54) is 6.07 Å². The minimum Gasteiger partial charge on any atom is -0.205 e. The van der Waals surface area contributed by atoms with Crippen LogP contribution in [0.15, 0.2) is 54.6 Å². The molecule has 0 fully saturated rings. The molecule has 0 aliphatic heterocycles. The second-order valence-corrected chi connectivity index (χ2v) is 5.97. The number of hydrogen-bond donors (Lipinski definition) is 0. The fourth-order valence-corrected chi connectivity index (χ4v) is 3.10. The van der Waals surface area contributed by atoms with Crippen LogP contribution in [0, 0.1) is 5.82 Å². The highest BCUT2D eigenvalue weighted by atomic mass is 35.5. The lowest BCUT2D eigenvalue weighted by Crippen LogP contribution is -1.96. The maximum Gasteiger partial charge on any atom is 0.141 e. The molecule has 0 heterocycles. The number of alkyl halides is 1. The van der Waals surface area contributed by atoms with Crippen molar-refractivity contribution in [2.24, 2.45) is 0 Å². The van der Waals surface area contributed by atoms with Crippen LogP contribution in [0.1, 0.15) is 16.5 Å². The Morgan fingerprint density at radius 3 is 2.24 bits per heavy atom. The van der Waals surface area contributed by atoms with Crippen molar-refractivity contribution in [3.63, 3.8) is 0 Å². The average Bonchev–Trinajstić information content (AvgIpc) is 2.50. The zero-order chi connectivity index (χ0) is 15.0. The molecule has 0 radical (unpaired) electrons. The number of halogens is 4. The molecule has 21 heavy (non-hydrogen) atoms. The van der Waals surface area contributed by atoms with E-state index in [9.17, 15) is 4.39 Å². The highest BCUT2D eigenvalue weighted by Gasteiger charge is 2.16. The Morgan fingerprint density at radius 1 is 0.810 bits per heavy atom. The first-order valence-corrected chi connectivity index (χ1v) is 7.53. The van der Waals surface area contributed by atoms with Crippen LogP contribution in [0.25, 0.3) is 10.8 Å². The molecule has 0 aliphatic rings. The van der Waals surface area contributed by atoms with E-state index in [1.54, 1.807) is 12.1 Å². The number of benzene rings is 3. The van der Waals surface area contributed by atoms with Crippen LogP contribution in [0.3, 0.4) is 0 Å². The van der Waals surface area contributed by atoms with Crippen LogP contribution >= 0.6 is 34.8 Å². The van der Waals surface area contributed by atoms with Crippen molar-refractivity contribution in [2.75, 3.05) is 0 Å². The molecule has 3 aromatic rings. The Balaban J connectivity index is 2.15. The molecule has 0 bridgehead atoms. The van der Waals surface area contributed by atoms with Gasteiger partial charge in [0.1, 0.15) is 5.82 Å². The summed E-state index contributed by atoms with van der Waals surface area (Å²) in [5.41, 5.74) is 1.66. The summed E-state index contributed by atoms with van der Waals surface area (Å²) in [5, 5.41) is 2.23. The maximum absolute atomic E-state index is 13.3. The highest BCUT2D eigenvalue weighted by Crippen LogP contribution is 2.37. The maximum atomic E-state index is 13.3. The molecular formula is C17H10Cl3F. The third kappa shape index (κ3) is 2.74. The van der Waals surface area contributed by atoms with Gasteiger partial charge in [0.2, 0.25) is 0 Å². The zero-order valence-corrected chi connectivity index (χ0v) is 13.1. The largest absolute Gasteiger partial charge is 0.205 e. The van der Waals surface area contributed by atoms with Crippen LogP contribution in [0.2, 0.25) is 10.0 Å². The lowest BCUT2D eigenvalue weighted by molar-refractivity contribution is 0.627. The SMILES string of the molecule is Fc1ccc(C(Cl)c2ccc(Cl)c3ccccc23)cc1Cl. The molecular weight excluding hydrogens is 330 g/mol. The molecule has 106 valence electrons. The Bertz CT molecular complexity index is 814. The van der Waals surface area contributed by atoms with Gasteiger partial charge < -0.3 is 0 Å². The average molecular weight is 340 g/mol. The summed E-state index contributed by atoms with van der Waals surface area (Å²) >= 11 is 18.6. The van der Waals surface area contributed by atoms with Crippen molar-refractivity contribution in [1.82, 2.24) is 0 Å². The molecule has 0 nitrogen and oxygen atoms in total. The lowest BCUT2D eigenvalue weighted by Gasteiger charge is -2.14. The van der Waals surface area contributed by atoms with E-state index in [1.807, 2.05) is 36.4 Å². The summed E-state index contributed by atoms with van der Waals surface area (Å²) in [7, 11) is 0. The van der Waals surface area contributed by atoms with Crippen molar-refractivity contribution >= 4 is 45.6 Å². The zero-order valence-electron chi connectivity index (χ0n) is 10.8. The molecule has 0 saturated carbocycles. The molecule has 0 aliphatic carbocycles. The van der Waals surface area contributed by atoms with Crippen molar-refractivity contribution in [3.05, 3.63) is 81.6 Å². The van der Waals surface area contributed by atoms with Crippen molar-refractivity contribution in [1.29, 1.82) is 0 Å². The van der Waals surface area contributed by atoms with E-state index < -0.39 is 11.2 Å². The van der Waals surface area contributed by atoms with Crippen LogP contribution in [-0.2, 0) is 0 Å². The number of rotatable bonds is 2. The first-order chi connectivity index (χ1) is 10.1. The van der Waals surface area contributed by atoms with E-state index >= 15 is 0 Å². The lowest BCUT2D eigenvalue weighted by atomic mass is 9.98. The van der Waals surface area contributed by atoms with Crippen molar-refractivity contribution in [3.8, 4) is 0 Å². The normalized spacial score (nSPS) is 12.6. The molecule has 0 amide bonds. The summed E-state index contributed by atoms with van der Waals surface area (Å²) in [6.07, 6.45) is 0. The van der Waals surface area contributed by atoms with Gasteiger partial charge in [-0.3, -0.25) is 0 Å². The molecule has 3 rings (SSSR count). The van der Waals surface area contributed by atoms with Gasteiger partial charge in [-0.2, -0.15) is 0 Å². The van der Waals surface area contributed by atoms with Crippen LogP contribution in [0.4, 0.5) is 4.39 Å². The first kappa shape index (κ1) is 14.6. The van der Waals surface area contributed by atoms with E-state index in [2.05, 4.69) is 0 Å². The van der Waals surface area contributed by atoms with E-state index in [0.717, 1.165) is 21.9 Å². The summed E-state index contributed by atoms with van der Waals surface area (Å²) in [6.45, 7) is 0. The van der Waals surface area contributed by atoms with E-state index in [-0.39, 0.29) is 5.02 Å². The predicted octanol–water partition coefficient (Wildman–Crippen LogP) is 6.61. The Hall–Kier alpha value is -1.28. The fourth-order valence-electron chi connectivity index (χ4n) is 2.36. The van der Waals surface area contributed by atoms with Gasteiger partial charge in [0.15, 0.2) is 0 Å². The van der Waals surface area contributed by atoms with Gasteiger partial charge in [0.05, 0.1) is 10.4 Å². The van der Waals surface area contributed by atoms with Gasteiger partial charge in [0, 0.05) is 10.4 Å². The number of fused-ring (bicyclic) bond motifs is 1. The van der Waals surface area contributed by atoms with Gasteiger partial charge in [-0.05, 0) is 34.7 Å². The third-order valence-corrected chi connectivity index (χ3v) is 4.52. The van der Waals surface area contributed by atoms with E-state index in [0.29, 0.717) is 5.02 Å².